The van der Waals surface area contributed by atoms with Gasteiger partial charge in [0.1, 0.15) is 23.8 Å². The van der Waals surface area contributed by atoms with E-state index in [1.165, 1.54) is 44.1 Å². The number of rotatable bonds is 10. The quantitative estimate of drug-likeness (QED) is 0.139. The first-order valence-corrected chi connectivity index (χ1v) is 19.9. The zero-order valence-corrected chi connectivity index (χ0v) is 35.4. The van der Waals surface area contributed by atoms with Gasteiger partial charge in [0.2, 0.25) is 0 Å². The number of nitrogens with one attached hydrogen (secondary N) is 1. The Labute approximate surface area is 339 Å². The molecular formula is C41H61F2N3O12. The molecule has 17 heteroatoms. The number of cyclic esters (lactones) is 1. The van der Waals surface area contributed by atoms with Gasteiger partial charge in [-0.2, -0.15) is 0 Å². The molecule has 0 saturated carbocycles. The fraction of sp³-hybridized carbons (Fsp3) is 0.732. The smallest absolute Gasteiger partial charge is 0.411 e. The highest BCUT2D eigenvalue weighted by Gasteiger charge is 2.61. The Morgan fingerprint density at radius 1 is 1.09 bits per heavy atom. The van der Waals surface area contributed by atoms with Crippen molar-refractivity contribution in [1.29, 1.82) is 0 Å². The van der Waals surface area contributed by atoms with E-state index in [0.717, 1.165) is 13.0 Å². The third-order valence-electron chi connectivity index (χ3n) is 12.0. The van der Waals surface area contributed by atoms with Crippen LogP contribution in [0.3, 0.4) is 0 Å². The monoisotopic (exact) mass is 825 g/mol. The van der Waals surface area contributed by atoms with Gasteiger partial charge < -0.3 is 43.3 Å². The van der Waals surface area contributed by atoms with Gasteiger partial charge >= 0.3 is 18.2 Å². The van der Waals surface area contributed by atoms with Crippen molar-refractivity contribution in [2.45, 2.75) is 141 Å². The van der Waals surface area contributed by atoms with Gasteiger partial charge in [-0.25, -0.2) is 23.2 Å². The Bertz CT molecular complexity index is 1670. The van der Waals surface area contributed by atoms with Crippen LogP contribution in [0.2, 0.25) is 0 Å². The van der Waals surface area contributed by atoms with Crippen LogP contribution in [0.4, 0.5) is 24.1 Å². The molecule has 1 aromatic carbocycles. The SMILES string of the molecule is CC[C@H]1OC(=O)[C@@](C)(F)C(=O)[C@H](C)[C@@H](O[C@@H]2O[C@H](C)C[C@H](N(C)C)[C@H]2O)[C@](C)(OC)C[C@@H](C)C(=O)[C@H](C)[C@H]2N(CCCOC(=O)Nc3cccc(F)c3)C(=O)O[C@]12C. The Morgan fingerprint density at radius 3 is 2.36 bits per heavy atom. The number of anilines is 1. The lowest BCUT2D eigenvalue weighted by Crippen LogP contribution is -2.61. The van der Waals surface area contributed by atoms with Gasteiger partial charge in [-0.05, 0) is 85.7 Å². The zero-order chi connectivity index (χ0) is 43.5. The summed E-state index contributed by atoms with van der Waals surface area (Å²) in [5.41, 5.74) is -6.26. The van der Waals surface area contributed by atoms with Gasteiger partial charge in [-0.3, -0.25) is 14.9 Å². The van der Waals surface area contributed by atoms with Crippen molar-refractivity contribution < 1.29 is 66.3 Å². The Morgan fingerprint density at radius 2 is 1.76 bits per heavy atom. The number of Topliss-reactive ketones (excluding diaryl/α,β-unsaturated/α-hetero) is 2. The predicted octanol–water partition coefficient (Wildman–Crippen LogP) is 5.06. The number of fused-ring (bicyclic) bond motifs is 1. The van der Waals surface area contributed by atoms with Gasteiger partial charge in [0.15, 0.2) is 17.7 Å². The normalized spacial score (nSPS) is 37.8. The van der Waals surface area contributed by atoms with Crippen LogP contribution in [-0.2, 0) is 42.8 Å². The molecule has 0 aromatic heterocycles. The largest absolute Gasteiger partial charge is 0.455 e. The van der Waals surface area contributed by atoms with Crippen LogP contribution in [0.25, 0.3) is 0 Å². The van der Waals surface area contributed by atoms with E-state index >= 15 is 4.39 Å². The van der Waals surface area contributed by atoms with Crippen molar-refractivity contribution >= 4 is 35.4 Å². The number of benzene rings is 1. The molecular weight excluding hydrogens is 764 g/mol. The van der Waals surface area contributed by atoms with Gasteiger partial charge in [-0.15, -0.1) is 0 Å². The van der Waals surface area contributed by atoms with Crippen LogP contribution in [0, 0.1) is 23.6 Å². The van der Waals surface area contributed by atoms with E-state index < -0.39 is 101 Å². The molecule has 0 radical (unpaired) electrons. The summed E-state index contributed by atoms with van der Waals surface area (Å²) in [6, 6.07) is 3.78. The Hall–Kier alpha value is -3.77. The molecule has 2 amide bonds. The number of alkyl halides is 1. The van der Waals surface area contributed by atoms with Crippen molar-refractivity contribution in [2.24, 2.45) is 17.8 Å². The number of nitrogens with zero attached hydrogens (tertiary/aromatic N) is 2. The number of halogens is 2. The molecule has 2 N–H and O–H groups in total. The number of carbonyl (C=O) groups excluding carboxylic acids is 5. The molecule has 3 aliphatic heterocycles. The fourth-order valence-electron chi connectivity index (χ4n) is 8.83. The number of likely N-dealkylation sites (N-methyl/N-ethyl adjacent to an activating group) is 1. The van der Waals surface area contributed by atoms with Crippen LogP contribution < -0.4 is 5.32 Å². The first kappa shape index (κ1) is 46.9. The number of carbonyl (C=O) groups is 5. The average molecular weight is 826 g/mol. The van der Waals surface area contributed by atoms with E-state index in [9.17, 15) is 33.5 Å². The lowest BCUT2D eigenvalue weighted by atomic mass is 9.73. The lowest BCUT2D eigenvalue weighted by Gasteiger charge is -2.47. The maximum atomic E-state index is 16.8. The number of aliphatic hydroxyl groups excluding tert-OH is 1. The van der Waals surface area contributed by atoms with E-state index in [1.54, 1.807) is 41.8 Å². The second-order valence-electron chi connectivity index (χ2n) is 16.7. The maximum absolute atomic E-state index is 16.8. The molecule has 1 aromatic rings. The Kier molecular flexibility index (Phi) is 15.1. The van der Waals surface area contributed by atoms with Gasteiger partial charge in [0, 0.05) is 43.1 Å². The minimum atomic E-state index is -3.23. The number of hydrogen-bond donors (Lipinski definition) is 2. The summed E-state index contributed by atoms with van der Waals surface area (Å²) < 4.78 is 65.9. The van der Waals surface area contributed by atoms with Crippen LogP contribution >= 0.6 is 0 Å². The second kappa shape index (κ2) is 18.7. The highest BCUT2D eigenvalue weighted by molar-refractivity contribution is 6.08. The summed E-state index contributed by atoms with van der Waals surface area (Å²) in [5.74, 6) is -6.79. The highest BCUT2D eigenvalue weighted by atomic mass is 19.1. The molecule has 3 heterocycles. The molecule has 15 nitrogen and oxygen atoms in total. The molecule has 58 heavy (non-hydrogen) atoms. The zero-order valence-electron chi connectivity index (χ0n) is 35.4. The maximum Gasteiger partial charge on any atom is 0.411 e. The van der Waals surface area contributed by atoms with Crippen molar-refractivity contribution in [3.63, 3.8) is 0 Å². The first-order chi connectivity index (χ1) is 27.0. The molecule has 13 atom stereocenters. The Balaban J connectivity index is 1.69. The first-order valence-electron chi connectivity index (χ1n) is 19.9. The molecule has 3 saturated heterocycles. The molecule has 326 valence electrons. The standard InChI is InChI=1S/C41H61F2N3O12/c1-12-29-41(8)32(46(38(52)58-41)17-14-18-54-37(51)44-27-16-13-15-26(42)20-27)24(4)30(47)22(2)21-39(6,53-11)34(25(5)33(49)40(7,43)36(50)56-29)57-35-31(48)28(45(9)10)19-23(3)55-35/h13,15-16,20,22-25,28-29,31-32,34-35,48H,12,14,17-19,21H2,1-11H3,(H,44,51)/t22-,23-,24+,25+,28+,29-,31-,32-,34-,35+,39-,40+,41-/m1/s1. The van der Waals surface area contributed by atoms with E-state index in [1.807, 2.05) is 11.8 Å². The number of methoxy groups -OCH3 is 1. The molecule has 0 bridgehead atoms. The van der Waals surface area contributed by atoms with Crippen LogP contribution in [0.15, 0.2) is 24.3 Å². The third kappa shape index (κ3) is 9.81. The summed E-state index contributed by atoms with van der Waals surface area (Å²) >= 11 is 0. The highest BCUT2D eigenvalue weighted by Crippen LogP contribution is 2.43. The minimum absolute atomic E-state index is 0.00905. The second-order valence-corrected chi connectivity index (χ2v) is 16.7. The molecule has 3 fully saturated rings. The van der Waals surface area contributed by atoms with E-state index in [2.05, 4.69) is 5.32 Å². The summed E-state index contributed by atoms with van der Waals surface area (Å²) in [6.07, 6.45) is -6.71. The number of hydrogen-bond acceptors (Lipinski definition) is 13. The summed E-state index contributed by atoms with van der Waals surface area (Å²) in [4.78, 5) is 71.8. The van der Waals surface area contributed by atoms with Crippen LogP contribution in [-0.4, -0.2) is 139 Å². The van der Waals surface area contributed by atoms with Gasteiger partial charge in [-0.1, -0.05) is 33.8 Å². The van der Waals surface area contributed by atoms with Crippen molar-refractivity contribution in [3.05, 3.63) is 30.1 Å². The van der Waals surface area contributed by atoms with Crippen molar-refractivity contribution in [1.82, 2.24) is 9.80 Å². The van der Waals surface area contributed by atoms with Crippen LogP contribution in [0.5, 0.6) is 0 Å². The number of ketones is 2. The number of amides is 2. The molecule has 4 rings (SSSR count). The fourth-order valence-corrected chi connectivity index (χ4v) is 8.83. The summed E-state index contributed by atoms with van der Waals surface area (Å²) in [5, 5.41) is 13.8. The predicted molar refractivity (Wildman–Crippen MR) is 206 cm³/mol. The molecule has 3 aliphatic rings. The summed E-state index contributed by atoms with van der Waals surface area (Å²) in [7, 11) is 4.96. The molecule has 0 spiro atoms. The van der Waals surface area contributed by atoms with E-state index in [0.29, 0.717) is 6.42 Å². The minimum Gasteiger partial charge on any atom is -0.455 e. The van der Waals surface area contributed by atoms with Gasteiger partial charge in [0.25, 0.3) is 5.67 Å². The number of esters is 1. The molecule has 0 aliphatic carbocycles. The topological polar surface area (TPSA) is 179 Å². The average Bonchev–Trinajstić information content (AvgIpc) is 3.42. The lowest BCUT2D eigenvalue weighted by molar-refractivity contribution is -0.295. The van der Waals surface area contributed by atoms with Crippen molar-refractivity contribution in [3.8, 4) is 0 Å². The van der Waals surface area contributed by atoms with Crippen molar-refractivity contribution in [2.75, 3.05) is 39.7 Å². The van der Waals surface area contributed by atoms with Crippen LogP contribution in [0.1, 0.15) is 81.1 Å². The third-order valence-corrected chi connectivity index (χ3v) is 12.0. The van der Waals surface area contributed by atoms with E-state index in [4.69, 9.17) is 28.4 Å². The molecule has 0 unspecified atom stereocenters. The van der Waals surface area contributed by atoms with Gasteiger partial charge in [0.05, 0.1) is 30.5 Å². The van der Waals surface area contributed by atoms with E-state index in [-0.39, 0.29) is 50.0 Å². The number of aliphatic hydroxyl groups is 1. The number of ether oxygens (including phenoxy) is 6. The summed E-state index contributed by atoms with van der Waals surface area (Å²) in [6.45, 7) is 11.8.